The first kappa shape index (κ1) is 14.6. The number of nitrogen functional groups attached to an aromatic ring is 1. The number of hydrogen-bond donors (Lipinski definition) is 1. The maximum atomic E-state index is 12.3. The molecule has 1 aromatic rings. The third-order valence-electron chi connectivity index (χ3n) is 3.32. The Bertz CT molecular complexity index is 465. The van der Waals surface area contributed by atoms with Crippen LogP contribution in [-0.2, 0) is 4.74 Å². The van der Waals surface area contributed by atoms with E-state index in [1.807, 2.05) is 31.7 Å². The number of piperidine rings is 1. The van der Waals surface area contributed by atoms with Crippen molar-refractivity contribution in [2.24, 2.45) is 0 Å². The van der Waals surface area contributed by atoms with Crippen molar-refractivity contribution in [1.82, 2.24) is 9.88 Å². The fourth-order valence-electron chi connectivity index (χ4n) is 2.43. The highest BCUT2D eigenvalue weighted by Gasteiger charge is 2.31. The summed E-state index contributed by atoms with van der Waals surface area (Å²) in [4.78, 5) is 18.3. The van der Waals surface area contributed by atoms with E-state index in [4.69, 9.17) is 10.5 Å². The van der Waals surface area contributed by atoms with Crippen molar-refractivity contribution in [2.45, 2.75) is 51.7 Å². The molecule has 1 aromatic heterocycles. The predicted octanol–water partition coefficient (Wildman–Crippen LogP) is 3.13. The van der Waals surface area contributed by atoms with Crippen LogP contribution in [0.2, 0.25) is 0 Å². The molecule has 1 aliphatic rings. The minimum absolute atomic E-state index is 0.0340. The van der Waals surface area contributed by atoms with Crippen LogP contribution in [0.15, 0.2) is 18.3 Å². The maximum Gasteiger partial charge on any atom is 0.410 e. The Morgan fingerprint density at radius 3 is 2.75 bits per heavy atom. The van der Waals surface area contributed by atoms with Gasteiger partial charge in [-0.05, 0) is 51.7 Å². The first-order chi connectivity index (χ1) is 9.37. The lowest BCUT2D eigenvalue weighted by atomic mass is 9.97. The highest BCUT2D eigenvalue weighted by molar-refractivity contribution is 5.69. The highest BCUT2D eigenvalue weighted by atomic mass is 16.6. The van der Waals surface area contributed by atoms with Gasteiger partial charge in [0.25, 0.3) is 0 Å². The molecular formula is C15H23N3O2. The predicted molar refractivity (Wildman–Crippen MR) is 78.2 cm³/mol. The van der Waals surface area contributed by atoms with Gasteiger partial charge in [0.15, 0.2) is 0 Å². The lowest BCUT2D eigenvalue weighted by Crippen LogP contribution is -2.41. The van der Waals surface area contributed by atoms with Gasteiger partial charge in [0.1, 0.15) is 11.4 Å². The summed E-state index contributed by atoms with van der Waals surface area (Å²) < 4.78 is 5.49. The van der Waals surface area contributed by atoms with Crippen molar-refractivity contribution in [1.29, 1.82) is 0 Å². The lowest BCUT2D eigenvalue weighted by Gasteiger charge is -2.36. The molecule has 5 heteroatoms. The number of anilines is 1. The Morgan fingerprint density at radius 1 is 1.40 bits per heavy atom. The van der Waals surface area contributed by atoms with Gasteiger partial charge in [0.2, 0.25) is 0 Å². The molecule has 0 radical (unpaired) electrons. The third kappa shape index (κ3) is 3.62. The largest absolute Gasteiger partial charge is 0.444 e. The Labute approximate surface area is 120 Å². The van der Waals surface area contributed by atoms with Gasteiger partial charge in [-0.15, -0.1) is 0 Å². The molecule has 2 rings (SSSR count). The molecule has 1 fully saturated rings. The van der Waals surface area contributed by atoms with Crippen LogP contribution in [0.4, 0.5) is 10.6 Å². The van der Waals surface area contributed by atoms with Gasteiger partial charge < -0.3 is 15.4 Å². The van der Waals surface area contributed by atoms with Crippen molar-refractivity contribution in [3.63, 3.8) is 0 Å². The number of aromatic nitrogens is 1. The molecule has 20 heavy (non-hydrogen) atoms. The SMILES string of the molecule is CC(C)(C)OC(=O)N1CCCC[C@@H]1c1ccc(N)nc1. The van der Waals surface area contributed by atoms with Crippen molar-refractivity contribution < 1.29 is 9.53 Å². The number of nitrogens with zero attached hydrogens (tertiary/aromatic N) is 2. The van der Waals surface area contributed by atoms with Crippen LogP contribution in [0, 0.1) is 0 Å². The van der Waals surface area contributed by atoms with Gasteiger partial charge in [-0.2, -0.15) is 0 Å². The molecule has 2 heterocycles. The Balaban J connectivity index is 2.16. The van der Waals surface area contributed by atoms with Gasteiger partial charge in [-0.3, -0.25) is 0 Å². The number of carbonyl (C=O) groups is 1. The minimum atomic E-state index is -0.474. The lowest BCUT2D eigenvalue weighted by molar-refractivity contribution is 0.00949. The van der Waals surface area contributed by atoms with E-state index in [1.54, 1.807) is 12.3 Å². The van der Waals surface area contributed by atoms with E-state index in [2.05, 4.69) is 4.98 Å². The second-order valence-electron chi connectivity index (χ2n) is 6.20. The molecule has 0 aromatic carbocycles. The summed E-state index contributed by atoms with van der Waals surface area (Å²) in [6.07, 6.45) is 4.55. The average molecular weight is 277 g/mol. The average Bonchev–Trinajstić information content (AvgIpc) is 2.38. The number of hydrogen-bond acceptors (Lipinski definition) is 4. The van der Waals surface area contributed by atoms with Crippen LogP contribution in [0.25, 0.3) is 0 Å². The molecule has 0 bridgehead atoms. The van der Waals surface area contributed by atoms with Crippen LogP contribution in [0.1, 0.15) is 51.6 Å². The number of pyridine rings is 1. The maximum absolute atomic E-state index is 12.3. The highest BCUT2D eigenvalue weighted by Crippen LogP contribution is 2.31. The van der Waals surface area contributed by atoms with Gasteiger partial charge in [-0.1, -0.05) is 6.07 Å². The van der Waals surface area contributed by atoms with E-state index >= 15 is 0 Å². The van der Waals surface area contributed by atoms with Crippen molar-refractivity contribution >= 4 is 11.9 Å². The summed E-state index contributed by atoms with van der Waals surface area (Å²) >= 11 is 0. The van der Waals surface area contributed by atoms with Crippen LogP contribution in [-0.4, -0.2) is 28.1 Å². The quantitative estimate of drug-likeness (QED) is 0.856. The van der Waals surface area contributed by atoms with E-state index in [0.717, 1.165) is 31.4 Å². The molecule has 5 nitrogen and oxygen atoms in total. The fraction of sp³-hybridized carbons (Fsp3) is 0.600. The normalized spacial score (nSPS) is 19.8. The number of carbonyl (C=O) groups excluding carboxylic acids is 1. The smallest absolute Gasteiger partial charge is 0.410 e. The fourth-order valence-corrected chi connectivity index (χ4v) is 2.43. The number of ether oxygens (including phenoxy) is 1. The first-order valence-corrected chi connectivity index (χ1v) is 7.08. The number of amides is 1. The Kier molecular flexibility index (Phi) is 4.16. The summed E-state index contributed by atoms with van der Waals surface area (Å²) in [7, 11) is 0. The Hall–Kier alpha value is -1.78. The van der Waals surface area contributed by atoms with Crippen molar-refractivity contribution in [3.8, 4) is 0 Å². The summed E-state index contributed by atoms with van der Waals surface area (Å²) in [6.45, 7) is 6.38. The van der Waals surface area contributed by atoms with Crippen LogP contribution < -0.4 is 5.73 Å². The van der Waals surface area contributed by atoms with E-state index in [1.165, 1.54) is 0 Å². The van der Waals surface area contributed by atoms with E-state index in [9.17, 15) is 4.79 Å². The summed E-state index contributed by atoms with van der Waals surface area (Å²) in [5, 5.41) is 0. The van der Waals surface area contributed by atoms with E-state index in [0.29, 0.717) is 5.82 Å². The number of likely N-dealkylation sites (tertiary alicyclic amines) is 1. The molecule has 2 N–H and O–H groups in total. The van der Waals surface area contributed by atoms with E-state index in [-0.39, 0.29) is 12.1 Å². The van der Waals surface area contributed by atoms with E-state index < -0.39 is 5.60 Å². The summed E-state index contributed by atoms with van der Waals surface area (Å²) in [5.41, 5.74) is 6.16. The molecule has 110 valence electrons. The zero-order valence-corrected chi connectivity index (χ0v) is 12.4. The van der Waals surface area contributed by atoms with Crippen LogP contribution in [0.3, 0.4) is 0 Å². The second kappa shape index (κ2) is 5.69. The summed E-state index contributed by atoms with van der Waals surface area (Å²) in [5.74, 6) is 0.494. The third-order valence-corrected chi connectivity index (χ3v) is 3.32. The van der Waals surface area contributed by atoms with Crippen molar-refractivity contribution in [2.75, 3.05) is 12.3 Å². The second-order valence-corrected chi connectivity index (χ2v) is 6.20. The van der Waals surface area contributed by atoms with Crippen LogP contribution >= 0.6 is 0 Å². The summed E-state index contributed by atoms with van der Waals surface area (Å²) in [6, 6.07) is 3.75. The first-order valence-electron chi connectivity index (χ1n) is 7.08. The zero-order chi connectivity index (χ0) is 14.8. The monoisotopic (exact) mass is 277 g/mol. The molecule has 1 atom stereocenters. The van der Waals surface area contributed by atoms with Gasteiger partial charge >= 0.3 is 6.09 Å². The molecule has 0 saturated carbocycles. The number of rotatable bonds is 1. The van der Waals surface area contributed by atoms with Gasteiger partial charge in [0, 0.05) is 12.7 Å². The molecule has 1 saturated heterocycles. The Morgan fingerprint density at radius 2 is 2.15 bits per heavy atom. The topological polar surface area (TPSA) is 68.5 Å². The minimum Gasteiger partial charge on any atom is -0.444 e. The molecule has 1 aliphatic heterocycles. The molecule has 0 unspecified atom stereocenters. The standard InChI is InChI=1S/C15H23N3O2/c1-15(2,3)20-14(19)18-9-5-4-6-12(18)11-7-8-13(16)17-10-11/h7-8,10,12H,4-6,9H2,1-3H3,(H2,16,17)/t12-/m1/s1. The van der Waals surface area contributed by atoms with Crippen molar-refractivity contribution in [3.05, 3.63) is 23.9 Å². The van der Waals surface area contributed by atoms with Gasteiger partial charge in [-0.25, -0.2) is 9.78 Å². The number of nitrogens with two attached hydrogens (primary N) is 1. The van der Waals surface area contributed by atoms with Crippen LogP contribution in [0.5, 0.6) is 0 Å². The van der Waals surface area contributed by atoms with Gasteiger partial charge in [0.05, 0.1) is 6.04 Å². The molecule has 1 amide bonds. The molecular weight excluding hydrogens is 254 g/mol. The molecule has 0 aliphatic carbocycles. The zero-order valence-electron chi connectivity index (χ0n) is 12.4. The molecule has 0 spiro atoms.